The van der Waals surface area contributed by atoms with E-state index in [1.165, 1.54) is 14.0 Å². The summed E-state index contributed by atoms with van der Waals surface area (Å²) < 4.78 is 10.3. The fraction of sp³-hybridized carbons (Fsp3) is 0.474. The monoisotopic (exact) mass is 391 g/mol. The van der Waals surface area contributed by atoms with Gasteiger partial charge in [0.1, 0.15) is 17.8 Å². The van der Waals surface area contributed by atoms with Gasteiger partial charge in [0.15, 0.2) is 6.10 Å². The van der Waals surface area contributed by atoms with Crippen molar-refractivity contribution >= 4 is 29.5 Å². The zero-order valence-corrected chi connectivity index (χ0v) is 16.6. The number of benzene rings is 1. The minimum atomic E-state index is -1.13. The molecule has 2 atom stereocenters. The predicted octanol–water partition coefficient (Wildman–Crippen LogP) is 1.59. The van der Waals surface area contributed by atoms with Gasteiger partial charge in [0.2, 0.25) is 0 Å². The van der Waals surface area contributed by atoms with Crippen LogP contribution in [0.5, 0.6) is 5.75 Å². The number of carbonyl (C=O) groups excluding carboxylic acids is 4. The average Bonchev–Trinajstić information content (AvgIpc) is 2.85. The van der Waals surface area contributed by atoms with Gasteiger partial charge in [-0.15, -0.1) is 0 Å². The van der Waals surface area contributed by atoms with Crippen LogP contribution in [0.1, 0.15) is 32.8 Å². The molecule has 2 unspecified atom stereocenters. The third-order valence-electron chi connectivity index (χ3n) is 4.63. The van der Waals surface area contributed by atoms with Crippen molar-refractivity contribution in [3.8, 4) is 5.75 Å². The second-order valence-corrected chi connectivity index (χ2v) is 6.83. The van der Waals surface area contributed by atoms with E-state index < -0.39 is 42.0 Å². The molecular weight excluding hydrogens is 366 g/mol. The molecule has 1 aliphatic heterocycles. The topological polar surface area (TPSA) is 114 Å². The Hall–Kier alpha value is -3.10. The number of methoxy groups -OCH3 is 1. The van der Waals surface area contributed by atoms with Gasteiger partial charge in [-0.2, -0.15) is 0 Å². The quantitative estimate of drug-likeness (QED) is 0.539. The molecule has 0 bridgehead atoms. The molecule has 0 spiro atoms. The predicted molar refractivity (Wildman–Crippen MR) is 101 cm³/mol. The number of nitrogens with one attached hydrogen (secondary N) is 2. The lowest BCUT2D eigenvalue weighted by Gasteiger charge is -2.19. The minimum Gasteiger partial charge on any atom is -0.495 e. The molecule has 1 heterocycles. The van der Waals surface area contributed by atoms with E-state index in [2.05, 4.69) is 10.6 Å². The second-order valence-electron chi connectivity index (χ2n) is 6.83. The van der Waals surface area contributed by atoms with Crippen LogP contribution in [-0.4, -0.2) is 54.0 Å². The number of nitrogens with zero attached hydrogens (tertiary/aromatic N) is 1. The number of imide groups is 1. The van der Waals surface area contributed by atoms with Gasteiger partial charge in [-0.05, 0) is 44.9 Å². The van der Waals surface area contributed by atoms with Gasteiger partial charge in [-0.1, -0.05) is 13.0 Å². The summed E-state index contributed by atoms with van der Waals surface area (Å²) in [4.78, 5) is 49.5. The minimum absolute atomic E-state index is 0.389. The van der Waals surface area contributed by atoms with Crippen LogP contribution in [-0.2, 0) is 19.1 Å². The summed E-state index contributed by atoms with van der Waals surface area (Å²) in [5.74, 6) is -1.45. The highest BCUT2D eigenvalue weighted by molar-refractivity contribution is 6.08. The zero-order valence-electron chi connectivity index (χ0n) is 16.6. The van der Waals surface area contributed by atoms with Crippen LogP contribution in [0.3, 0.4) is 0 Å². The van der Waals surface area contributed by atoms with Gasteiger partial charge in [0, 0.05) is 0 Å². The molecule has 4 amide bonds. The Morgan fingerprint density at radius 1 is 1.32 bits per heavy atom. The Kier molecular flexibility index (Phi) is 6.27. The highest BCUT2D eigenvalue weighted by Gasteiger charge is 2.47. The molecule has 1 aromatic rings. The third-order valence-corrected chi connectivity index (χ3v) is 4.63. The molecular formula is C19H25N3O6. The van der Waals surface area contributed by atoms with E-state index in [-0.39, 0.29) is 0 Å². The Morgan fingerprint density at radius 2 is 2.00 bits per heavy atom. The lowest BCUT2D eigenvalue weighted by Crippen LogP contribution is -2.44. The number of carbonyl (C=O) groups is 4. The van der Waals surface area contributed by atoms with Crippen molar-refractivity contribution in [2.24, 2.45) is 0 Å². The van der Waals surface area contributed by atoms with E-state index in [1.54, 1.807) is 26.0 Å². The first-order chi connectivity index (χ1) is 13.1. The van der Waals surface area contributed by atoms with Crippen molar-refractivity contribution in [2.45, 2.75) is 45.8 Å². The van der Waals surface area contributed by atoms with Crippen LogP contribution in [0.25, 0.3) is 0 Å². The first-order valence-corrected chi connectivity index (χ1v) is 8.90. The van der Waals surface area contributed by atoms with Crippen molar-refractivity contribution < 1.29 is 28.7 Å². The number of urea groups is 1. The normalized spacial score (nSPS) is 19.8. The number of esters is 1. The number of rotatable bonds is 7. The highest BCUT2D eigenvalue weighted by atomic mass is 16.5. The second kappa shape index (κ2) is 8.28. The Balaban J connectivity index is 1.97. The van der Waals surface area contributed by atoms with Crippen LogP contribution in [0.15, 0.2) is 18.2 Å². The fourth-order valence-electron chi connectivity index (χ4n) is 2.70. The molecule has 1 saturated heterocycles. The zero-order chi connectivity index (χ0) is 21.1. The molecule has 1 aromatic carbocycles. The van der Waals surface area contributed by atoms with Crippen LogP contribution in [0.2, 0.25) is 0 Å². The SMILES string of the molecule is CCC1(C)NC(=O)N(CC(=O)OC(C)C(=O)Nc2cc(C)ccc2OC)C1=O. The van der Waals surface area contributed by atoms with Crippen LogP contribution in [0.4, 0.5) is 10.5 Å². The molecule has 2 rings (SSSR count). The highest BCUT2D eigenvalue weighted by Crippen LogP contribution is 2.25. The van der Waals surface area contributed by atoms with E-state index in [9.17, 15) is 19.2 Å². The fourth-order valence-corrected chi connectivity index (χ4v) is 2.70. The standard InChI is InChI=1S/C19H25N3O6/c1-6-19(4)17(25)22(18(26)21-19)10-15(23)28-12(3)16(24)20-13-9-11(2)7-8-14(13)27-5/h7-9,12H,6,10H2,1-5H3,(H,20,24)(H,21,26). The molecule has 0 aliphatic carbocycles. The number of aryl methyl sites for hydroxylation is 1. The van der Waals surface area contributed by atoms with Crippen molar-refractivity contribution in [2.75, 3.05) is 19.0 Å². The first kappa shape index (κ1) is 21.2. The molecule has 28 heavy (non-hydrogen) atoms. The van der Waals surface area contributed by atoms with Crippen molar-refractivity contribution in [3.63, 3.8) is 0 Å². The lowest BCUT2D eigenvalue weighted by molar-refractivity contribution is -0.155. The molecule has 9 nitrogen and oxygen atoms in total. The smallest absolute Gasteiger partial charge is 0.327 e. The molecule has 9 heteroatoms. The first-order valence-electron chi connectivity index (χ1n) is 8.90. The van der Waals surface area contributed by atoms with Crippen LogP contribution in [0, 0.1) is 6.92 Å². The number of hydrogen-bond acceptors (Lipinski definition) is 6. The van der Waals surface area contributed by atoms with Crippen LogP contribution >= 0.6 is 0 Å². The van der Waals surface area contributed by atoms with E-state index >= 15 is 0 Å². The van der Waals surface area contributed by atoms with E-state index in [1.807, 2.05) is 13.0 Å². The largest absolute Gasteiger partial charge is 0.495 e. The maximum atomic E-state index is 12.3. The van der Waals surface area contributed by atoms with E-state index in [0.29, 0.717) is 17.9 Å². The third kappa shape index (κ3) is 4.41. The van der Waals surface area contributed by atoms with Crippen molar-refractivity contribution in [3.05, 3.63) is 23.8 Å². The van der Waals surface area contributed by atoms with E-state index in [0.717, 1.165) is 10.5 Å². The van der Waals surface area contributed by atoms with Crippen molar-refractivity contribution in [1.29, 1.82) is 0 Å². The molecule has 152 valence electrons. The number of amides is 4. The number of hydrogen-bond donors (Lipinski definition) is 2. The summed E-state index contributed by atoms with van der Waals surface area (Å²) >= 11 is 0. The Bertz CT molecular complexity index is 809. The number of ether oxygens (including phenoxy) is 2. The Labute approximate surface area is 163 Å². The van der Waals surface area contributed by atoms with Crippen LogP contribution < -0.4 is 15.4 Å². The summed E-state index contributed by atoms with van der Waals surface area (Å²) in [5, 5.41) is 5.19. The maximum Gasteiger partial charge on any atom is 0.327 e. The van der Waals surface area contributed by atoms with Gasteiger partial charge in [-0.3, -0.25) is 19.3 Å². The molecule has 0 aromatic heterocycles. The van der Waals surface area contributed by atoms with E-state index in [4.69, 9.17) is 9.47 Å². The maximum absolute atomic E-state index is 12.3. The van der Waals surface area contributed by atoms with Gasteiger partial charge in [0.05, 0.1) is 12.8 Å². The van der Waals surface area contributed by atoms with Gasteiger partial charge < -0.3 is 20.1 Å². The summed E-state index contributed by atoms with van der Waals surface area (Å²) in [6.45, 7) is 6.04. The Morgan fingerprint density at radius 3 is 2.57 bits per heavy atom. The summed E-state index contributed by atoms with van der Waals surface area (Å²) in [5.41, 5.74) is 0.323. The van der Waals surface area contributed by atoms with Gasteiger partial charge in [-0.25, -0.2) is 4.79 Å². The van der Waals surface area contributed by atoms with Gasteiger partial charge in [0.25, 0.3) is 11.8 Å². The molecule has 2 N–H and O–H groups in total. The molecule has 1 aliphatic rings. The average molecular weight is 391 g/mol. The van der Waals surface area contributed by atoms with Gasteiger partial charge >= 0.3 is 12.0 Å². The molecule has 1 fully saturated rings. The summed E-state index contributed by atoms with van der Waals surface area (Å²) in [6, 6.07) is 4.61. The van der Waals surface area contributed by atoms with Crippen molar-refractivity contribution in [1.82, 2.24) is 10.2 Å². The number of anilines is 1. The molecule has 0 radical (unpaired) electrons. The summed E-state index contributed by atoms with van der Waals surface area (Å²) in [7, 11) is 1.48. The molecule has 0 saturated carbocycles. The summed E-state index contributed by atoms with van der Waals surface area (Å²) in [6.07, 6.45) is -0.740. The lowest BCUT2D eigenvalue weighted by atomic mass is 9.99.